The molecule has 0 saturated carbocycles. The summed E-state index contributed by atoms with van der Waals surface area (Å²) >= 11 is 17.7. The van der Waals surface area contributed by atoms with E-state index in [1.54, 1.807) is 24.3 Å². The summed E-state index contributed by atoms with van der Waals surface area (Å²) in [6, 6.07) is 9.35. The van der Waals surface area contributed by atoms with Gasteiger partial charge in [0, 0.05) is 5.02 Å². The molecule has 0 aliphatic heterocycles. The highest BCUT2D eigenvalue weighted by molar-refractivity contribution is 6.41. The first-order valence-electron chi connectivity index (χ1n) is 4.91. The van der Waals surface area contributed by atoms with Crippen molar-refractivity contribution in [1.82, 2.24) is 0 Å². The zero-order valence-electron chi connectivity index (χ0n) is 8.94. The van der Waals surface area contributed by atoms with Crippen molar-refractivity contribution in [3.05, 3.63) is 51.5 Å². The molecule has 92 valence electrons. The summed E-state index contributed by atoms with van der Waals surface area (Å²) in [7, 11) is 0. The zero-order chi connectivity index (χ0) is 13.1. The second kappa shape index (κ2) is 5.57. The van der Waals surface area contributed by atoms with Gasteiger partial charge < -0.3 is 5.11 Å². The average molecular weight is 302 g/mol. The van der Waals surface area contributed by atoms with Gasteiger partial charge >= 0.3 is 0 Å². The zero-order valence-corrected chi connectivity index (χ0v) is 11.2. The van der Waals surface area contributed by atoms with Gasteiger partial charge in [-0.15, -0.1) is 5.11 Å². The first-order chi connectivity index (χ1) is 8.56. The molecule has 2 rings (SSSR count). The lowest BCUT2D eigenvalue weighted by Crippen LogP contribution is -1.72. The van der Waals surface area contributed by atoms with Crippen LogP contribution in [-0.2, 0) is 0 Å². The fourth-order valence-corrected chi connectivity index (χ4v) is 2.15. The number of aromatic hydroxyl groups is 1. The average Bonchev–Trinajstić information content (AvgIpc) is 2.30. The fourth-order valence-electron chi connectivity index (χ4n) is 1.26. The molecule has 6 heteroatoms. The van der Waals surface area contributed by atoms with Crippen molar-refractivity contribution in [2.24, 2.45) is 10.2 Å². The van der Waals surface area contributed by atoms with Crippen LogP contribution < -0.4 is 0 Å². The van der Waals surface area contributed by atoms with Crippen molar-refractivity contribution in [2.45, 2.75) is 0 Å². The third-order valence-electron chi connectivity index (χ3n) is 2.10. The minimum atomic E-state index is 0.163. The molecule has 2 aromatic rings. The minimum absolute atomic E-state index is 0.163. The molecule has 0 aromatic heterocycles. The van der Waals surface area contributed by atoms with Crippen LogP contribution in [0.2, 0.25) is 15.1 Å². The molecule has 0 heterocycles. The first-order valence-corrected chi connectivity index (χ1v) is 6.05. The molecule has 0 aliphatic rings. The monoisotopic (exact) mass is 300 g/mol. The second-order valence-electron chi connectivity index (χ2n) is 3.43. The van der Waals surface area contributed by atoms with Gasteiger partial charge in [0.05, 0.1) is 15.7 Å². The van der Waals surface area contributed by atoms with E-state index in [1.165, 1.54) is 12.1 Å². The molecule has 0 fully saturated rings. The Kier molecular flexibility index (Phi) is 4.07. The minimum Gasteiger partial charge on any atom is -0.508 e. The molecule has 0 atom stereocenters. The number of rotatable bonds is 2. The molecule has 0 radical (unpaired) electrons. The largest absolute Gasteiger partial charge is 0.508 e. The topological polar surface area (TPSA) is 45.0 Å². The second-order valence-corrected chi connectivity index (χ2v) is 4.69. The van der Waals surface area contributed by atoms with Crippen LogP contribution in [0.15, 0.2) is 46.6 Å². The maximum Gasteiger partial charge on any atom is 0.123 e. The maximum absolute atomic E-state index is 9.13. The van der Waals surface area contributed by atoms with Crippen molar-refractivity contribution in [3.8, 4) is 5.75 Å². The molecule has 2 aromatic carbocycles. The van der Waals surface area contributed by atoms with Crippen LogP contribution in [0.5, 0.6) is 5.75 Å². The van der Waals surface area contributed by atoms with Crippen molar-refractivity contribution in [3.63, 3.8) is 0 Å². The highest BCUT2D eigenvalue weighted by atomic mass is 35.5. The van der Waals surface area contributed by atoms with Crippen LogP contribution in [0.25, 0.3) is 0 Å². The third kappa shape index (κ3) is 3.13. The van der Waals surface area contributed by atoms with E-state index in [1.807, 2.05) is 0 Å². The van der Waals surface area contributed by atoms with Gasteiger partial charge in [-0.1, -0.05) is 34.8 Å². The first kappa shape index (κ1) is 13.1. The molecule has 0 spiro atoms. The maximum atomic E-state index is 9.13. The molecular weight excluding hydrogens is 295 g/mol. The van der Waals surface area contributed by atoms with Crippen molar-refractivity contribution >= 4 is 46.2 Å². The van der Waals surface area contributed by atoms with Gasteiger partial charge in [0.2, 0.25) is 0 Å². The van der Waals surface area contributed by atoms with Gasteiger partial charge in [0.1, 0.15) is 11.4 Å². The Balaban J connectivity index is 2.31. The summed E-state index contributed by atoms with van der Waals surface area (Å²) in [5.74, 6) is 0.163. The predicted molar refractivity (Wildman–Crippen MR) is 73.8 cm³/mol. The fraction of sp³-hybridized carbons (Fsp3) is 0. The number of hydrogen-bond acceptors (Lipinski definition) is 3. The lowest BCUT2D eigenvalue weighted by atomic mass is 10.3. The molecule has 0 saturated heterocycles. The quantitative estimate of drug-likeness (QED) is 0.703. The summed E-state index contributed by atoms with van der Waals surface area (Å²) in [6.45, 7) is 0. The number of azo groups is 1. The van der Waals surface area contributed by atoms with Crippen molar-refractivity contribution < 1.29 is 5.11 Å². The Morgan fingerprint density at radius 3 is 1.94 bits per heavy atom. The van der Waals surface area contributed by atoms with Crippen LogP contribution in [0.1, 0.15) is 0 Å². The number of phenolic OH excluding ortho intramolecular Hbond substituents is 1. The van der Waals surface area contributed by atoms with E-state index in [-0.39, 0.29) is 5.75 Å². The smallest absolute Gasteiger partial charge is 0.123 e. The van der Waals surface area contributed by atoms with Crippen molar-refractivity contribution in [1.29, 1.82) is 0 Å². The predicted octanol–water partition coefficient (Wildman–Crippen LogP) is 5.77. The molecule has 0 bridgehead atoms. The lowest BCUT2D eigenvalue weighted by Gasteiger charge is -2.01. The third-order valence-corrected chi connectivity index (χ3v) is 2.89. The SMILES string of the molecule is Oc1ccc(N=Nc2c(Cl)cc(Cl)cc2Cl)cc1. The van der Waals surface area contributed by atoms with Crippen LogP contribution in [0.4, 0.5) is 11.4 Å². The molecule has 0 aliphatic carbocycles. The van der Waals surface area contributed by atoms with Gasteiger partial charge in [-0.3, -0.25) is 0 Å². The highest BCUT2D eigenvalue weighted by Crippen LogP contribution is 2.36. The molecular formula is C12H7Cl3N2O. The highest BCUT2D eigenvalue weighted by Gasteiger charge is 2.06. The van der Waals surface area contributed by atoms with Crippen LogP contribution in [-0.4, -0.2) is 5.11 Å². The van der Waals surface area contributed by atoms with Gasteiger partial charge in [-0.2, -0.15) is 5.11 Å². The van der Waals surface area contributed by atoms with Gasteiger partial charge in [-0.05, 0) is 36.4 Å². The Labute approximate surface area is 119 Å². The molecule has 1 N–H and O–H groups in total. The van der Waals surface area contributed by atoms with E-state index < -0.39 is 0 Å². The molecule has 18 heavy (non-hydrogen) atoms. The standard InChI is InChI=1S/C12H7Cl3N2O/c13-7-5-10(14)12(11(15)6-7)17-16-8-1-3-9(18)4-2-8/h1-6,18H. The van der Waals surface area contributed by atoms with E-state index in [0.29, 0.717) is 26.4 Å². The van der Waals surface area contributed by atoms with E-state index in [4.69, 9.17) is 39.9 Å². The van der Waals surface area contributed by atoms with E-state index in [0.717, 1.165) is 0 Å². The summed E-state index contributed by atoms with van der Waals surface area (Å²) in [4.78, 5) is 0. The van der Waals surface area contributed by atoms with Gasteiger partial charge in [0.25, 0.3) is 0 Å². The summed E-state index contributed by atoms with van der Waals surface area (Å²) < 4.78 is 0. The summed E-state index contributed by atoms with van der Waals surface area (Å²) in [5, 5.41) is 18.2. The van der Waals surface area contributed by atoms with Crippen LogP contribution in [0.3, 0.4) is 0 Å². The Morgan fingerprint density at radius 1 is 0.833 bits per heavy atom. The molecule has 0 unspecified atom stereocenters. The molecule has 3 nitrogen and oxygen atoms in total. The Hall–Kier alpha value is -1.29. The summed E-state index contributed by atoms with van der Waals surface area (Å²) in [6.07, 6.45) is 0. The number of phenols is 1. The van der Waals surface area contributed by atoms with E-state index in [9.17, 15) is 0 Å². The Bertz CT molecular complexity index is 574. The van der Waals surface area contributed by atoms with Crippen molar-refractivity contribution in [2.75, 3.05) is 0 Å². The Morgan fingerprint density at radius 2 is 1.39 bits per heavy atom. The van der Waals surface area contributed by atoms with Crippen LogP contribution in [0, 0.1) is 0 Å². The normalized spacial score (nSPS) is 11.1. The number of nitrogens with zero attached hydrogens (tertiary/aromatic N) is 2. The van der Waals surface area contributed by atoms with Gasteiger partial charge in [-0.25, -0.2) is 0 Å². The van der Waals surface area contributed by atoms with Crippen LogP contribution >= 0.6 is 34.8 Å². The van der Waals surface area contributed by atoms with Gasteiger partial charge in [0.15, 0.2) is 0 Å². The summed E-state index contributed by atoms with van der Waals surface area (Å²) in [5.41, 5.74) is 0.936. The lowest BCUT2D eigenvalue weighted by molar-refractivity contribution is 0.475. The van der Waals surface area contributed by atoms with E-state index >= 15 is 0 Å². The number of halogens is 3. The van der Waals surface area contributed by atoms with E-state index in [2.05, 4.69) is 10.2 Å². The number of hydrogen-bond donors (Lipinski definition) is 1. The number of benzene rings is 2. The molecule has 0 amide bonds.